The van der Waals surface area contributed by atoms with Crippen LogP contribution in [0, 0.1) is 0 Å². The third kappa shape index (κ3) is 4.23. The lowest BCUT2D eigenvalue weighted by Crippen LogP contribution is -2.21. The molecule has 0 radical (unpaired) electrons. The van der Waals surface area contributed by atoms with Crippen LogP contribution in [0.25, 0.3) is 0 Å². The van der Waals surface area contributed by atoms with Crippen molar-refractivity contribution in [1.29, 1.82) is 0 Å². The molecule has 0 spiro atoms. The summed E-state index contributed by atoms with van der Waals surface area (Å²) in [5.74, 6) is -0.408. The number of rotatable bonds is 6. The topological polar surface area (TPSA) is 73.9 Å². The molecule has 0 heterocycles. The van der Waals surface area contributed by atoms with Crippen LogP contribution in [0.5, 0.6) is 11.5 Å². The Balaban J connectivity index is 1.98. The number of hydrogen-bond acceptors (Lipinski definition) is 5. The highest BCUT2D eigenvalue weighted by molar-refractivity contribution is 5.97. The van der Waals surface area contributed by atoms with Gasteiger partial charge in [-0.25, -0.2) is 4.79 Å². The van der Waals surface area contributed by atoms with Crippen LogP contribution in [-0.2, 0) is 9.53 Å². The number of ether oxygens (including phenoxy) is 3. The van der Waals surface area contributed by atoms with Gasteiger partial charge in [-0.1, -0.05) is 24.3 Å². The first-order chi connectivity index (χ1) is 11.2. The summed E-state index contributed by atoms with van der Waals surface area (Å²) in [7, 11) is 2.90. The number of carbonyl (C=O) groups is 2. The molecule has 0 saturated heterocycles. The van der Waals surface area contributed by atoms with Crippen molar-refractivity contribution < 1.29 is 23.8 Å². The Kier molecular flexibility index (Phi) is 5.57. The van der Waals surface area contributed by atoms with Gasteiger partial charge in [-0.3, -0.25) is 4.79 Å². The average Bonchev–Trinajstić information content (AvgIpc) is 2.59. The lowest BCUT2D eigenvalue weighted by Gasteiger charge is -2.12. The molecule has 6 heteroatoms. The molecule has 120 valence electrons. The monoisotopic (exact) mass is 315 g/mol. The highest BCUT2D eigenvalue weighted by atomic mass is 16.5. The zero-order valence-corrected chi connectivity index (χ0v) is 12.9. The quantitative estimate of drug-likeness (QED) is 0.829. The van der Waals surface area contributed by atoms with Crippen molar-refractivity contribution in [2.75, 3.05) is 26.1 Å². The maximum atomic E-state index is 12.1. The molecule has 1 amide bonds. The number of amides is 1. The van der Waals surface area contributed by atoms with Crippen LogP contribution in [0.3, 0.4) is 0 Å². The van der Waals surface area contributed by atoms with E-state index in [0.717, 1.165) is 0 Å². The summed E-state index contributed by atoms with van der Waals surface area (Å²) in [6.07, 6.45) is 0. The number of para-hydroxylation sites is 2. The number of carbonyl (C=O) groups excluding carboxylic acids is 2. The van der Waals surface area contributed by atoms with E-state index >= 15 is 0 Å². The standard InChI is InChI=1S/C17H17NO5/c1-21-14-10-6-9-13(16(14)22-2)17(20)23-11-15(19)18-12-7-4-3-5-8-12/h3-10H,11H2,1-2H3,(H,18,19). The van der Waals surface area contributed by atoms with Crippen molar-refractivity contribution >= 4 is 17.6 Å². The molecule has 2 aromatic rings. The summed E-state index contributed by atoms with van der Waals surface area (Å²) in [6.45, 7) is -0.395. The van der Waals surface area contributed by atoms with Gasteiger partial charge in [-0.15, -0.1) is 0 Å². The van der Waals surface area contributed by atoms with Crippen LogP contribution in [0.2, 0.25) is 0 Å². The second-order valence-electron chi connectivity index (χ2n) is 4.53. The summed E-state index contributed by atoms with van der Waals surface area (Å²) < 4.78 is 15.3. The van der Waals surface area contributed by atoms with E-state index in [1.54, 1.807) is 42.5 Å². The fourth-order valence-corrected chi connectivity index (χ4v) is 1.98. The van der Waals surface area contributed by atoms with Crippen molar-refractivity contribution in [2.45, 2.75) is 0 Å². The van der Waals surface area contributed by atoms with Crippen LogP contribution in [0.4, 0.5) is 5.69 Å². The van der Waals surface area contributed by atoms with E-state index in [4.69, 9.17) is 14.2 Å². The second-order valence-corrected chi connectivity index (χ2v) is 4.53. The molecule has 0 aliphatic rings. The Hall–Kier alpha value is -3.02. The lowest BCUT2D eigenvalue weighted by atomic mass is 10.2. The molecule has 0 unspecified atom stereocenters. The Bertz CT molecular complexity index is 685. The summed E-state index contributed by atoms with van der Waals surface area (Å²) in [5, 5.41) is 2.63. The number of hydrogen-bond donors (Lipinski definition) is 1. The van der Waals surface area contributed by atoms with E-state index in [0.29, 0.717) is 11.4 Å². The van der Waals surface area contributed by atoms with Gasteiger partial charge in [0.05, 0.1) is 14.2 Å². The average molecular weight is 315 g/mol. The smallest absolute Gasteiger partial charge is 0.342 e. The number of benzene rings is 2. The minimum absolute atomic E-state index is 0.194. The van der Waals surface area contributed by atoms with Crippen LogP contribution >= 0.6 is 0 Å². The van der Waals surface area contributed by atoms with Gasteiger partial charge < -0.3 is 19.5 Å². The molecule has 1 N–H and O–H groups in total. The van der Waals surface area contributed by atoms with Gasteiger partial charge in [0.1, 0.15) is 5.56 Å². The first-order valence-corrected chi connectivity index (χ1v) is 6.88. The van der Waals surface area contributed by atoms with E-state index in [-0.39, 0.29) is 11.3 Å². The van der Waals surface area contributed by atoms with Crippen molar-refractivity contribution in [3.05, 3.63) is 54.1 Å². The Morgan fingerprint density at radius 1 is 0.957 bits per heavy atom. The van der Waals surface area contributed by atoms with Gasteiger partial charge >= 0.3 is 5.97 Å². The van der Waals surface area contributed by atoms with Crippen molar-refractivity contribution in [3.63, 3.8) is 0 Å². The number of anilines is 1. The zero-order chi connectivity index (χ0) is 16.7. The van der Waals surface area contributed by atoms with Crippen LogP contribution in [-0.4, -0.2) is 32.7 Å². The molecule has 0 saturated carbocycles. The third-order valence-electron chi connectivity index (χ3n) is 3.01. The fourth-order valence-electron chi connectivity index (χ4n) is 1.98. The molecule has 0 aliphatic heterocycles. The third-order valence-corrected chi connectivity index (χ3v) is 3.01. The van der Waals surface area contributed by atoms with Crippen molar-refractivity contribution in [3.8, 4) is 11.5 Å². The summed E-state index contributed by atoms with van der Waals surface area (Å²) >= 11 is 0. The zero-order valence-electron chi connectivity index (χ0n) is 12.9. The molecule has 0 fully saturated rings. The van der Waals surface area contributed by atoms with Crippen LogP contribution < -0.4 is 14.8 Å². The minimum Gasteiger partial charge on any atom is -0.493 e. The molecule has 2 rings (SSSR count). The normalized spacial score (nSPS) is 9.83. The lowest BCUT2D eigenvalue weighted by molar-refractivity contribution is -0.119. The van der Waals surface area contributed by atoms with Gasteiger partial charge in [0.2, 0.25) is 0 Å². The molecule has 23 heavy (non-hydrogen) atoms. The Morgan fingerprint density at radius 3 is 2.35 bits per heavy atom. The van der Waals surface area contributed by atoms with E-state index < -0.39 is 18.5 Å². The Morgan fingerprint density at radius 2 is 1.70 bits per heavy atom. The molecule has 0 aromatic heterocycles. The molecular weight excluding hydrogens is 298 g/mol. The molecule has 0 bridgehead atoms. The van der Waals surface area contributed by atoms with E-state index in [1.807, 2.05) is 6.07 Å². The van der Waals surface area contributed by atoms with Gasteiger partial charge in [0.15, 0.2) is 18.1 Å². The molecular formula is C17H17NO5. The molecule has 6 nitrogen and oxygen atoms in total. The minimum atomic E-state index is -0.663. The van der Waals surface area contributed by atoms with Crippen molar-refractivity contribution in [1.82, 2.24) is 0 Å². The van der Waals surface area contributed by atoms with E-state index in [2.05, 4.69) is 5.32 Å². The number of esters is 1. The predicted octanol–water partition coefficient (Wildman–Crippen LogP) is 2.50. The van der Waals surface area contributed by atoms with Crippen molar-refractivity contribution in [2.24, 2.45) is 0 Å². The van der Waals surface area contributed by atoms with Gasteiger partial charge in [-0.05, 0) is 24.3 Å². The maximum Gasteiger partial charge on any atom is 0.342 e. The SMILES string of the molecule is COc1cccc(C(=O)OCC(=O)Nc2ccccc2)c1OC. The summed E-state index contributed by atoms with van der Waals surface area (Å²) in [4.78, 5) is 23.9. The summed E-state index contributed by atoms with van der Waals surface area (Å²) in [6, 6.07) is 13.8. The van der Waals surface area contributed by atoms with Crippen LogP contribution in [0.1, 0.15) is 10.4 Å². The van der Waals surface area contributed by atoms with E-state index in [1.165, 1.54) is 14.2 Å². The molecule has 2 aromatic carbocycles. The largest absolute Gasteiger partial charge is 0.493 e. The van der Waals surface area contributed by atoms with Gasteiger partial charge in [0, 0.05) is 5.69 Å². The Labute approximate surface area is 134 Å². The van der Waals surface area contributed by atoms with E-state index in [9.17, 15) is 9.59 Å². The number of nitrogens with one attached hydrogen (secondary N) is 1. The first-order valence-electron chi connectivity index (χ1n) is 6.88. The molecule has 0 aliphatic carbocycles. The van der Waals surface area contributed by atoms with Gasteiger partial charge in [0.25, 0.3) is 5.91 Å². The van der Waals surface area contributed by atoms with Gasteiger partial charge in [-0.2, -0.15) is 0 Å². The highest BCUT2D eigenvalue weighted by Crippen LogP contribution is 2.31. The molecule has 0 atom stereocenters. The first kappa shape index (κ1) is 16.4. The fraction of sp³-hybridized carbons (Fsp3) is 0.176. The summed E-state index contributed by atoms with van der Waals surface area (Å²) in [5.41, 5.74) is 0.826. The maximum absolute atomic E-state index is 12.1. The van der Waals surface area contributed by atoms with Crippen LogP contribution in [0.15, 0.2) is 48.5 Å². The number of methoxy groups -OCH3 is 2. The predicted molar refractivity (Wildman–Crippen MR) is 84.9 cm³/mol. The highest BCUT2D eigenvalue weighted by Gasteiger charge is 2.18. The second kappa shape index (κ2) is 7.84.